The lowest BCUT2D eigenvalue weighted by Crippen LogP contribution is -2.18. The molecular weight excluding hydrogens is 266 g/mol. The Morgan fingerprint density at radius 2 is 1.88 bits per heavy atom. The predicted molar refractivity (Wildman–Crippen MR) is 73.3 cm³/mol. The smallest absolute Gasteiger partial charge is 0.0576 e. The maximum Gasteiger partial charge on any atom is 0.0576 e. The average molecular weight is 292 g/mol. The molecule has 1 heterocycles. The van der Waals surface area contributed by atoms with Crippen LogP contribution in [0.3, 0.4) is 0 Å². The minimum atomic E-state index is 0.570. The van der Waals surface area contributed by atoms with Gasteiger partial charge >= 0.3 is 0 Å². The number of nitrogens with one attached hydrogen (secondary N) is 1. The van der Waals surface area contributed by atoms with Crippen LogP contribution in [0.1, 0.15) is 51.4 Å². The van der Waals surface area contributed by atoms with Gasteiger partial charge in [0.1, 0.15) is 0 Å². The monoisotopic (exact) mass is 291 g/mol. The summed E-state index contributed by atoms with van der Waals surface area (Å²) in [6.45, 7) is 3.35. The first-order valence-corrected chi connectivity index (χ1v) is 7.94. The second kappa shape index (κ2) is 10.5. The SMILES string of the molecule is BrCCCCCCNCCCC1CCCO1. The maximum atomic E-state index is 5.59. The number of alkyl halides is 1. The number of hydrogen-bond acceptors (Lipinski definition) is 2. The summed E-state index contributed by atoms with van der Waals surface area (Å²) in [6, 6.07) is 0. The van der Waals surface area contributed by atoms with Gasteiger partial charge in [0.2, 0.25) is 0 Å². The fraction of sp³-hybridized carbons (Fsp3) is 1.00. The van der Waals surface area contributed by atoms with Crippen molar-refractivity contribution in [3.63, 3.8) is 0 Å². The van der Waals surface area contributed by atoms with Crippen LogP contribution in [0.4, 0.5) is 0 Å². The summed E-state index contributed by atoms with van der Waals surface area (Å²) >= 11 is 3.46. The van der Waals surface area contributed by atoms with Crippen LogP contribution in [0, 0.1) is 0 Å². The lowest BCUT2D eigenvalue weighted by Gasteiger charge is -2.09. The Morgan fingerprint density at radius 3 is 2.62 bits per heavy atom. The molecule has 16 heavy (non-hydrogen) atoms. The first-order chi connectivity index (χ1) is 7.93. The quantitative estimate of drug-likeness (QED) is 0.491. The van der Waals surface area contributed by atoms with Crippen molar-refractivity contribution in [3.8, 4) is 0 Å². The van der Waals surface area contributed by atoms with Crippen LogP contribution in [0.5, 0.6) is 0 Å². The standard InChI is InChI=1S/C13H26BrNO/c14-9-3-1-2-4-10-15-11-5-7-13-8-6-12-16-13/h13,15H,1-12H2. The van der Waals surface area contributed by atoms with E-state index in [2.05, 4.69) is 21.2 Å². The van der Waals surface area contributed by atoms with Gasteiger partial charge in [-0.1, -0.05) is 28.8 Å². The van der Waals surface area contributed by atoms with E-state index in [1.54, 1.807) is 0 Å². The Balaban J connectivity index is 1.71. The van der Waals surface area contributed by atoms with Crippen molar-refractivity contribution in [1.82, 2.24) is 5.32 Å². The second-order valence-electron chi connectivity index (χ2n) is 4.63. The molecular formula is C13H26BrNO. The minimum absolute atomic E-state index is 0.570. The molecule has 0 radical (unpaired) electrons. The molecule has 1 unspecified atom stereocenters. The zero-order valence-corrected chi connectivity index (χ0v) is 11.9. The van der Waals surface area contributed by atoms with Crippen LogP contribution >= 0.6 is 15.9 Å². The first-order valence-electron chi connectivity index (χ1n) is 6.82. The highest BCUT2D eigenvalue weighted by Crippen LogP contribution is 2.16. The van der Waals surface area contributed by atoms with Crippen LogP contribution in [-0.2, 0) is 4.74 Å². The van der Waals surface area contributed by atoms with E-state index in [1.165, 1.54) is 57.9 Å². The van der Waals surface area contributed by atoms with E-state index in [4.69, 9.17) is 4.74 Å². The van der Waals surface area contributed by atoms with Crippen molar-refractivity contribution >= 4 is 15.9 Å². The van der Waals surface area contributed by atoms with E-state index < -0.39 is 0 Å². The van der Waals surface area contributed by atoms with E-state index in [-0.39, 0.29) is 0 Å². The topological polar surface area (TPSA) is 21.3 Å². The Kier molecular flexibility index (Phi) is 9.53. The molecule has 1 fully saturated rings. The van der Waals surface area contributed by atoms with Crippen molar-refractivity contribution in [2.75, 3.05) is 25.0 Å². The Bertz CT molecular complexity index is 149. The van der Waals surface area contributed by atoms with Gasteiger partial charge in [0.15, 0.2) is 0 Å². The molecule has 1 N–H and O–H groups in total. The first kappa shape index (κ1) is 14.5. The molecule has 1 aliphatic rings. The molecule has 96 valence electrons. The highest BCUT2D eigenvalue weighted by molar-refractivity contribution is 9.09. The fourth-order valence-corrected chi connectivity index (χ4v) is 2.55. The molecule has 0 saturated carbocycles. The van der Waals surface area contributed by atoms with Crippen molar-refractivity contribution in [2.45, 2.75) is 57.5 Å². The number of rotatable bonds is 10. The molecule has 0 amide bonds. The van der Waals surface area contributed by atoms with Crippen LogP contribution in [0.15, 0.2) is 0 Å². The van der Waals surface area contributed by atoms with Crippen LogP contribution in [0.2, 0.25) is 0 Å². The van der Waals surface area contributed by atoms with Gasteiger partial charge in [0, 0.05) is 11.9 Å². The molecule has 0 bridgehead atoms. The number of unbranched alkanes of at least 4 members (excludes halogenated alkanes) is 3. The van der Waals surface area contributed by atoms with Gasteiger partial charge in [-0.25, -0.2) is 0 Å². The third-order valence-corrected chi connectivity index (χ3v) is 3.70. The van der Waals surface area contributed by atoms with Crippen LogP contribution < -0.4 is 5.32 Å². The number of halogens is 1. The van der Waals surface area contributed by atoms with Gasteiger partial charge in [-0.05, 0) is 51.6 Å². The molecule has 1 saturated heterocycles. The fourth-order valence-electron chi connectivity index (χ4n) is 2.15. The van der Waals surface area contributed by atoms with Crippen molar-refractivity contribution < 1.29 is 4.74 Å². The summed E-state index contributed by atoms with van der Waals surface area (Å²) in [5.74, 6) is 0. The van der Waals surface area contributed by atoms with Gasteiger partial charge in [-0.15, -0.1) is 0 Å². The molecule has 1 atom stereocenters. The van der Waals surface area contributed by atoms with Crippen molar-refractivity contribution in [2.24, 2.45) is 0 Å². The molecule has 0 aromatic carbocycles. The largest absolute Gasteiger partial charge is 0.378 e. The normalized spacial score (nSPS) is 20.4. The highest BCUT2D eigenvalue weighted by Gasteiger charge is 2.13. The number of ether oxygens (including phenoxy) is 1. The molecule has 3 heteroatoms. The number of hydrogen-bond donors (Lipinski definition) is 1. The Labute approximate surface area is 109 Å². The summed E-state index contributed by atoms with van der Waals surface area (Å²) < 4.78 is 5.59. The highest BCUT2D eigenvalue weighted by atomic mass is 79.9. The van der Waals surface area contributed by atoms with E-state index in [9.17, 15) is 0 Å². The van der Waals surface area contributed by atoms with Crippen molar-refractivity contribution in [3.05, 3.63) is 0 Å². The van der Waals surface area contributed by atoms with Gasteiger partial charge < -0.3 is 10.1 Å². The summed E-state index contributed by atoms with van der Waals surface area (Å²) in [5, 5.41) is 4.67. The molecule has 0 aromatic heterocycles. The zero-order valence-electron chi connectivity index (χ0n) is 10.3. The van der Waals surface area contributed by atoms with E-state index >= 15 is 0 Å². The average Bonchev–Trinajstić information content (AvgIpc) is 2.80. The third-order valence-electron chi connectivity index (χ3n) is 3.14. The summed E-state index contributed by atoms with van der Waals surface area (Å²) in [7, 11) is 0. The molecule has 0 aromatic rings. The molecule has 2 nitrogen and oxygen atoms in total. The van der Waals surface area contributed by atoms with Gasteiger partial charge in [-0.2, -0.15) is 0 Å². The summed E-state index contributed by atoms with van der Waals surface area (Å²) in [4.78, 5) is 0. The van der Waals surface area contributed by atoms with E-state index in [0.717, 1.165) is 18.5 Å². The summed E-state index contributed by atoms with van der Waals surface area (Å²) in [5.41, 5.74) is 0. The maximum absolute atomic E-state index is 5.59. The molecule has 0 aliphatic carbocycles. The predicted octanol–water partition coefficient (Wildman–Crippen LogP) is 3.49. The molecule has 1 rings (SSSR count). The second-order valence-corrected chi connectivity index (χ2v) is 5.42. The lowest BCUT2D eigenvalue weighted by molar-refractivity contribution is 0.102. The summed E-state index contributed by atoms with van der Waals surface area (Å²) in [6.07, 6.45) is 11.0. The van der Waals surface area contributed by atoms with Crippen LogP contribution in [0.25, 0.3) is 0 Å². The lowest BCUT2D eigenvalue weighted by atomic mass is 10.1. The van der Waals surface area contributed by atoms with E-state index in [0.29, 0.717) is 6.10 Å². The van der Waals surface area contributed by atoms with E-state index in [1.807, 2.05) is 0 Å². The Morgan fingerprint density at radius 1 is 1.06 bits per heavy atom. The molecule has 0 spiro atoms. The zero-order chi connectivity index (χ0) is 11.5. The molecule has 1 aliphatic heterocycles. The van der Waals surface area contributed by atoms with Crippen LogP contribution in [-0.4, -0.2) is 31.1 Å². The van der Waals surface area contributed by atoms with Gasteiger partial charge in [0.05, 0.1) is 6.10 Å². The minimum Gasteiger partial charge on any atom is -0.378 e. The van der Waals surface area contributed by atoms with Crippen molar-refractivity contribution in [1.29, 1.82) is 0 Å². The van der Waals surface area contributed by atoms with Gasteiger partial charge in [0.25, 0.3) is 0 Å². The Hall–Kier alpha value is 0.400. The third kappa shape index (κ3) is 7.64. The van der Waals surface area contributed by atoms with Gasteiger partial charge in [-0.3, -0.25) is 0 Å².